The summed E-state index contributed by atoms with van der Waals surface area (Å²) in [5.74, 6) is 0.503. The fourth-order valence-electron chi connectivity index (χ4n) is 4.46. The first-order chi connectivity index (χ1) is 17.4. The van der Waals surface area contributed by atoms with Crippen molar-refractivity contribution in [2.24, 2.45) is 0 Å². The average Bonchev–Trinajstić information content (AvgIpc) is 3.51. The van der Waals surface area contributed by atoms with E-state index in [9.17, 15) is 9.59 Å². The number of carbonyl (C=O) groups excluding carboxylic acids is 2. The number of aromatic nitrogens is 3. The second-order valence-electron chi connectivity index (χ2n) is 9.15. The molecule has 0 aliphatic heterocycles. The van der Waals surface area contributed by atoms with Crippen molar-refractivity contribution in [3.8, 4) is 11.4 Å². The van der Waals surface area contributed by atoms with Crippen LogP contribution in [0.2, 0.25) is 0 Å². The lowest BCUT2D eigenvalue weighted by Gasteiger charge is -2.13. The molecule has 194 valence electrons. The minimum absolute atomic E-state index is 0.151. The summed E-state index contributed by atoms with van der Waals surface area (Å²) >= 11 is 4.64. The molecule has 1 aliphatic carbocycles. The van der Waals surface area contributed by atoms with E-state index in [0.717, 1.165) is 61.9 Å². The van der Waals surface area contributed by atoms with Crippen LogP contribution in [-0.2, 0) is 28.8 Å². The molecule has 3 heterocycles. The molecule has 1 N–H and O–H groups in total. The largest absolute Gasteiger partial charge is 0.462 e. The molecule has 3 aromatic rings. The third kappa shape index (κ3) is 6.03. The van der Waals surface area contributed by atoms with E-state index in [2.05, 4.69) is 52.3 Å². The molecule has 3 aromatic heterocycles. The van der Waals surface area contributed by atoms with E-state index in [-0.39, 0.29) is 23.7 Å². The van der Waals surface area contributed by atoms with Crippen molar-refractivity contribution in [1.29, 1.82) is 0 Å². The first-order valence-electron chi connectivity index (χ1n) is 12.7. The highest BCUT2D eigenvalue weighted by atomic mass is 32.2. The summed E-state index contributed by atoms with van der Waals surface area (Å²) in [5.41, 5.74) is 2.67. The minimum atomic E-state index is -0.345. The molecule has 1 amide bonds. The van der Waals surface area contributed by atoms with E-state index in [1.165, 1.54) is 32.9 Å². The Morgan fingerprint density at radius 2 is 2.00 bits per heavy atom. The molecule has 0 atom stereocenters. The number of nitrogens with one attached hydrogen (secondary N) is 1. The number of carbonyl (C=O) groups is 2. The average molecular weight is 547 g/mol. The summed E-state index contributed by atoms with van der Waals surface area (Å²) in [6, 6.07) is 2.34. The van der Waals surface area contributed by atoms with Crippen molar-refractivity contribution in [3.05, 3.63) is 32.3 Å². The number of anilines is 1. The smallest absolute Gasteiger partial charge is 0.341 e. The van der Waals surface area contributed by atoms with Crippen LogP contribution in [0, 0.1) is 0 Å². The van der Waals surface area contributed by atoms with Crippen LogP contribution in [0.25, 0.3) is 11.4 Å². The van der Waals surface area contributed by atoms with E-state index >= 15 is 0 Å². The number of aryl methyl sites for hydroxylation is 2. The first kappa shape index (κ1) is 26.9. The van der Waals surface area contributed by atoms with Gasteiger partial charge in [-0.25, -0.2) is 4.79 Å². The molecular weight excluding hydrogens is 513 g/mol. The zero-order valence-corrected chi connectivity index (χ0v) is 23.8. The molecule has 4 rings (SSSR count). The van der Waals surface area contributed by atoms with Crippen molar-refractivity contribution in [3.63, 3.8) is 0 Å². The van der Waals surface area contributed by atoms with Gasteiger partial charge in [-0.15, -0.1) is 32.9 Å². The van der Waals surface area contributed by atoms with Crippen LogP contribution in [-0.4, -0.2) is 39.0 Å². The van der Waals surface area contributed by atoms with Crippen LogP contribution >= 0.6 is 34.4 Å². The Hall–Kier alpha value is -2.17. The van der Waals surface area contributed by atoms with Crippen molar-refractivity contribution < 1.29 is 14.3 Å². The maximum atomic E-state index is 13.0. The van der Waals surface area contributed by atoms with Gasteiger partial charge in [0.1, 0.15) is 5.00 Å². The molecule has 7 nitrogen and oxygen atoms in total. The Labute approximate surface area is 225 Å². The minimum Gasteiger partial charge on any atom is -0.462 e. The van der Waals surface area contributed by atoms with Crippen LogP contribution in [0.15, 0.2) is 16.6 Å². The fourth-order valence-corrected chi connectivity index (χ4v) is 7.59. The van der Waals surface area contributed by atoms with E-state index in [0.29, 0.717) is 22.3 Å². The summed E-state index contributed by atoms with van der Waals surface area (Å²) in [4.78, 5) is 28.3. The Morgan fingerprint density at radius 1 is 1.19 bits per heavy atom. The van der Waals surface area contributed by atoms with Gasteiger partial charge >= 0.3 is 5.97 Å². The predicted octanol–water partition coefficient (Wildman–Crippen LogP) is 6.78. The molecule has 0 radical (unpaired) electrons. The topological polar surface area (TPSA) is 86.1 Å². The number of rotatable bonds is 10. The Kier molecular flexibility index (Phi) is 9.25. The van der Waals surface area contributed by atoms with E-state index in [1.807, 2.05) is 0 Å². The number of hydrogen-bond donors (Lipinski definition) is 1. The number of thioether (sulfide) groups is 1. The van der Waals surface area contributed by atoms with Crippen molar-refractivity contribution in [2.45, 2.75) is 83.8 Å². The van der Waals surface area contributed by atoms with Crippen LogP contribution in [0.4, 0.5) is 5.00 Å². The zero-order chi connectivity index (χ0) is 25.7. The SMILES string of the molecule is CCCc1cc(-c2nnc(SCC(=O)Nc3sc4c(c3C(=O)OCC)CCCCC4)n2C(C)C)cs1. The molecular formula is C26H34N4O3S3. The van der Waals surface area contributed by atoms with Crippen molar-refractivity contribution in [1.82, 2.24) is 14.8 Å². The second kappa shape index (κ2) is 12.4. The Balaban J connectivity index is 1.50. The highest BCUT2D eigenvalue weighted by molar-refractivity contribution is 7.99. The van der Waals surface area contributed by atoms with Gasteiger partial charge in [0.05, 0.1) is 17.9 Å². The number of nitrogens with zero attached hydrogens (tertiary/aromatic N) is 3. The Bertz CT molecular complexity index is 1210. The molecule has 0 bridgehead atoms. The van der Waals surface area contributed by atoms with E-state index in [1.54, 1.807) is 18.3 Å². The number of amides is 1. The number of ether oxygens (including phenoxy) is 1. The third-order valence-corrected chi connectivity index (χ3v) is 9.22. The van der Waals surface area contributed by atoms with Crippen LogP contribution in [0.3, 0.4) is 0 Å². The first-order valence-corrected chi connectivity index (χ1v) is 15.4. The summed E-state index contributed by atoms with van der Waals surface area (Å²) in [5, 5.41) is 15.3. The fraction of sp³-hybridized carbons (Fsp3) is 0.538. The Morgan fingerprint density at radius 3 is 2.75 bits per heavy atom. The monoisotopic (exact) mass is 546 g/mol. The standard InChI is InChI=1S/C26H34N4O3S3/c1-5-10-18-13-17(14-34-18)23-28-29-26(30(23)16(3)4)35-15-21(31)27-24-22(25(32)33-6-2)19-11-8-7-9-12-20(19)36-24/h13-14,16H,5-12,15H2,1-4H3,(H,27,31). The van der Waals surface area contributed by atoms with Gasteiger partial charge in [-0.3, -0.25) is 9.36 Å². The molecule has 0 unspecified atom stereocenters. The molecule has 1 aliphatic rings. The van der Waals surface area contributed by atoms with Gasteiger partial charge in [-0.2, -0.15) is 0 Å². The summed E-state index contributed by atoms with van der Waals surface area (Å²) in [7, 11) is 0. The molecule has 36 heavy (non-hydrogen) atoms. The predicted molar refractivity (Wildman–Crippen MR) is 149 cm³/mol. The maximum Gasteiger partial charge on any atom is 0.341 e. The van der Waals surface area contributed by atoms with Crippen LogP contribution in [0.1, 0.15) is 85.1 Å². The van der Waals surface area contributed by atoms with Gasteiger partial charge in [0.15, 0.2) is 11.0 Å². The summed E-state index contributed by atoms with van der Waals surface area (Å²) < 4.78 is 7.43. The molecule has 10 heteroatoms. The van der Waals surface area contributed by atoms with Crippen molar-refractivity contribution >= 4 is 51.3 Å². The highest BCUT2D eigenvalue weighted by Crippen LogP contribution is 2.38. The van der Waals surface area contributed by atoms with Crippen LogP contribution < -0.4 is 5.32 Å². The second-order valence-corrected chi connectivity index (χ2v) is 12.2. The highest BCUT2D eigenvalue weighted by Gasteiger charge is 2.27. The maximum absolute atomic E-state index is 13.0. The summed E-state index contributed by atoms with van der Waals surface area (Å²) in [6.45, 7) is 8.49. The third-order valence-electron chi connectivity index (χ3n) is 6.08. The van der Waals surface area contributed by atoms with Gasteiger partial charge in [0.25, 0.3) is 0 Å². The van der Waals surface area contributed by atoms with Gasteiger partial charge in [-0.05, 0) is 64.5 Å². The molecule has 0 spiro atoms. The van der Waals surface area contributed by atoms with Gasteiger partial charge in [-0.1, -0.05) is 31.5 Å². The van der Waals surface area contributed by atoms with Crippen molar-refractivity contribution in [2.75, 3.05) is 17.7 Å². The number of thiophene rings is 2. The van der Waals surface area contributed by atoms with Gasteiger partial charge in [0, 0.05) is 26.7 Å². The van der Waals surface area contributed by atoms with Gasteiger partial charge in [0.2, 0.25) is 5.91 Å². The lowest BCUT2D eigenvalue weighted by Crippen LogP contribution is -2.17. The van der Waals surface area contributed by atoms with Gasteiger partial charge < -0.3 is 10.1 Å². The quantitative estimate of drug-likeness (QED) is 0.171. The molecule has 0 saturated carbocycles. The molecule has 0 fully saturated rings. The number of hydrogen-bond acceptors (Lipinski definition) is 8. The number of fused-ring (bicyclic) bond motifs is 1. The number of esters is 1. The molecule has 0 saturated heterocycles. The lowest BCUT2D eigenvalue weighted by molar-refractivity contribution is -0.113. The molecule has 0 aromatic carbocycles. The normalized spacial score (nSPS) is 13.5. The lowest BCUT2D eigenvalue weighted by atomic mass is 10.1. The summed E-state index contributed by atoms with van der Waals surface area (Å²) in [6.07, 6.45) is 7.28. The van der Waals surface area contributed by atoms with E-state index in [4.69, 9.17) is 4.74 Å². The zero-order valence-electron chi connectivity index (χ0n) is 21.4. The van der Waals surface area contributed by atoms with Crippen LogP contribution in [0.5, 0.6) is 0 Å². The van der Waals surface area contributed by atoms with E-state index < -0.39 is 0 Å².